The Morgan fingerprint density at radius 2 is 2.16 bits per heavy atom. The van der Waals surface area contributed by atoms with Crippen molar-refractivity contribution in [2.24, 2.45) is 12.9 Å². The van der Waals surface area contributed by atoms with Crippen LogP contribution in [0.2, 0.25) is 0 Å². The molecule has 0 fully saturated rings. The van der Waals surface area contributed by atoms with Crippen molar-refractivity contribution in [2.45, 2.75) is 11.4 Å². The molecule has 0 atom stereocenters. The number of nitrogens with zero attached hydrogens (tertiary/aromatic N) is 3. The number of nitrogens with one attached hydrogen (secondary N) is 2. The zero-order chi connectivity index (χ0) is 13.9. The van der Waals surface area contributed by atoms with Crippen molar-refractivity contribution in [1.29, 1.82) is 0 Å². The number of sulfonamides is 1. The largest absolute Gasteiger partial charge is 0.308 e. The summed E-state index contributed by atoms with van der Waals surface area (Å²) in [6.07, 6.45) is 2.98. The van der Waals surface area contributed by atoms with E-state index < -0.39 is 10.0 Å². The van der Waals surface area contributed by atoms with Crippen molar-refractivity contribution in [3.05, 3.63) is 36.3 Å². The van der Waals surface area contributed by atoms with Crippen LogP contribution in [0.5, 0.6) is 0 Å². The lowest BCUT2D eigenvalue weighted by Crippen LogP contribution is -2.23. The first-order chi connectivity index (χ1) is 9.01. The Kier molecular flexibility index (Phi) is 3.79. The van der Waals surface area contributed by atoms with E-state index >= 15 is 0 Å². The van der Waals surface area contributed by atoms with E-state index in [4.69, 9.17) is 5.84 Å². The molecule has 2 heterocycles. The van der Waals surface area contributed by atoms with Gasteiger partial charge in [0.1, 0.15) is 10.7 Å². The summed E-state index contributed by atoms with van der Waals surface area (Å²) >= 11 is 0. The van der Waals surface area contributed by atoms with Gasteiger partial charge in [0.15, 0.2) is 0 Å². The van der Waals surface area contributed by atoms with Gasteiger partial charge in [-0.1, -0.05) is 0 Å². The van der Waals surface area contributed by atoms with E-state index in [2.05, 4.69) is 20.2 Å². The normalized spacial score (nSPS) is 11.5. The highest BCUT2D eigenvalue weighted by Crippen LogP contribution is 2.10. The summed E-state index contributed by atoms with van der Waals surface area (Å²) in [5.74, 6) is 5.55. The van der Waals surface area contributed by atoms with Crippen molar-refractivity contribution in [3.63, 3.8) is 0 Å². The van der Waals surface area contributed by atoms with Gasteiger partial charge in [0.05, 0.1) is 12.2 Å². The standard InChI is InChI=1S/C10H14N6O2S/c1-16-5-4-8(15-16)6-13-19(17,18)9-2-3-10(14-11)12-7-9/h2-5,7,13H,6,11H2,1H3,(H,12,14). The first kappa shape index (κ1) is 13.5. The highest BCUT2D eigenvalue weighted by atomic mass is 32.2. The van der Waals surface area contributed by atoms with Crippen LogP contribution in [0.3, 0.4) is 0 Å². The zero-order valence-electron chi connectivity index (χ0n) is 10.2. The van der Waals surface area contributed by atoms with Crippen molar-refractivity contribution in [3.8, 4) is 0 Å². The van der Waals surface area contributed by atoms with Crippen molar-refractivity contribution >= 4 is 15.8 Å². The van der Waals surface area contributed by atoms with Crippen LogP contribution in [0.15, 0.2) is 35.5 Å². The van der Waals surface area contributed by atoms with Gasteiger partial charge >= 0.3 is 0 Å². The highest BCUT2D eigenvalue weighted by Gasteiger charge is 2.14. The summed E-state index contributed by atoms with van der Waals surface area (Å²) in [5, 5.41) is 4.08. The fourth-order valence-electron chi connectivity index (χ4n) is 1.43. The molecule has 0 amide bonds. The summed E-state index contributed by atoms with van der Waals surface area (Å²) in [7, 11) is -1.84. The zero-order valence-corrected chi connectivity index (χ0v) is 11.1. The maximum Gasteiger partial charge on any atom is 0.242 e. The number of aryl methyl sites for hydroxylation is 1. The number of hydrogen-bond donors (Lipinski definition) is 3. The Labute approximate surface area is 110 Å². The molecule has 0 saturated heterocycles. The van der Waals surface area contributed by atoms with E-state index in [0.29, 0.717) is 11.5 Å². The van der Waals surface area contributed by atoms with Crippen LogP contribution in [-0.2, 0) is 23.6 Å². The highest BCUT2D eigenvalue weighted by molar-refractivity contribution is 7.89. The molecule has 4 N–H and O–H groups in total. The van der Waals surface area contributed by atoms with E-state index in [-0.39, 0.29) is 11.4 Å². The fraction of sp³-hybridized carbons (Fsp3) is 0.200. The van der Waals surface area contributed by atoms with E-state index in [1.165, 1.54) is 18.3 Å². The molecule has 0 aromatic carbocycles. The van der Waals surface area contributed by atoms with Gasteiger partial charge in [-0.2, -0.15) is 5.10 Å². The van der Waals surface area contributed by atoms with Gasteiger partial charge in [-0.05, 0) is 18.2 Å². The van der Waals surface area contributed by atoms with Crippen molar-refractivity contribution < 1.29 is 8.42 Å². The SMILES string of the molecule is Cn1ccc(CNS(=O)(=O)c2ccc(NN)nc2)n1. The van der Waals surface area contributed by atoms with Crippen LogP contribution in [-0.4, -0.2) is 23.2 Å². The summed E-state index contributed by atoms with van der Waals surface area (Å²) in [6.45, 7) is 0.125. The van der Waals surface area contributed by atoms with Crippen LogP contribution in [0.4, 0.5) is 5.82 Å². The molecule has 0 unspecified atom stereocenters. The second-order valence-electron chi connectivity index (χ2n) is 3.83. The topological polar surface area (TPSA) is 115 Å². The smallest absolute Gasteiger partial charge is 0.242 e. The molecule has 2 aromatic rings. The molecule has 2 rings (SSSR count). The number of hydrazine groups is 1. The Balaban J connectivity index is 2.09. The Morgan fingerprint density at radius 3 is 2.68 bits per heavy atom. The third kappa shape index (κ3) is 3.28. The number of hydrogen-bond acceptors (Lipinski definition) is 6. The van der Waals surface area contributed by atoms with Gasteiger partial charge in [-0.15, -0.1) is 0 Å². The van der Waals surface area contributed by atoms with Gasteiger partial charge in [0.25, 0.3) is 0 Å². The van der Waals surface area contributed by atoms with Crippen LogP contribution in [0.1, 0.15) is 5.69 Å². The number of pyridine rings is 1. The molecule has 8 nitrogen and oxygen atoms in total. The van der Waals surface area contributed by atoms with Gasteiger partial charge < -0.3 is 5.43 Å². The molecule has 0 saturated carbocycles. The molecular formula is C10H14N6O2S. The monoisotopic (exact) mass is 282 g/mol. The average molecular weight is 282 g/mol. The fourth-order valence-corrected chi connectivity index (χ4v) is 2.38. The lowest BCUT2D eigenvalue weighted by molar-refractivity contribution is 0.579. The van der Waals surface area contributed by atoms with E-state index in [0.717, 1.165) is 0 Å². The summed E-state index contributed by atoms with van der Waals surface area (Å²) < 4.78 is 28.0. The quantitative estimate of drug-likeness (QED) is 0.507. The molecule has 2 aromatic heterocycles. The molecule has 9 heteroatoms. The van der Waals surface area contributed by atoms with Gasteiger partial charge in [-0.25, -0.2) is 24.0 Å². The van der Waals surface area contributed by atoms with Gasteiger partial charge in [0.2, 0.25) is 10.0 Å². The molecule has 0 aliphatic carbocycles. The molecule has 19 heavy (non-hydrogen) atoms. The first-order valence-corrected chi connectivity index (χ1v) is 6.90. The molecule has 0 spiro atoms. The first-order valence-electron chi connectivity index (χ1n) is 5.42. The molecule has 102 valence electrons. The maximum absolute atomic E-state index is 12.0. The number of aromatic nitrogens is 3. The summed E-state index contributed by atoms with van der Waals surface area (Å²) in [5.41, 5.74) is 2.97. The van der Waals surface area contributed by atoms with Gasteiger partial charge in [0, 0.05) is 19.4 Å². The number of anilines is 1. The number of rotatable bonds is 5. The Morgan fingerprint density at radius 1 is 1.37 bits per heavy atom. The Hall–Kier alpha value is -1.97. The van der Waals surface area contributed by atoms with Crippen molar-refractivity contribution in [2.75, 3.05) is 5.43 Å². The predicted octanol–water partition coefficient (Wildman–Crippen LogP) is -0.421. The van der Waals surface area contributed by atoms with Crippen molar-refractivity contribution in [1.82, 2.24) is 19.5 Å². The average Bonchev–Trinajstić information content (AvgIpc) is 2.82. The minimum absolute atomic E-state index is 0.0717. The summed E-state index contributed by atoms with van der Waals surface area (Å²) in [4.78, 5) is 3.92. The lowest BCUT2D eigenvalue weighted by atomic mass is 10.4. The predicted molar refractivity (Wildman–Crippen MR) is 69.3 cm³/mol. The lowest BCUT2D eigenvalue weighted by Gasteiger charge is -2.05. The van der Waals surface area contributed by atoms with Crippen LogP contribution in [0.25, 0.3) is 0 Å². The maximum atomic E-state index is 12.0. The van der Waals surface area contributed by atoms with E-state index in [1.54, 1.807) is 24.0 Å². The van der Waals surface area contributed by atoms with Crippen LogP contribution in [0, 0.1) is 0 Å². The third-order valence-corrected chi connectivity index (χ3v) is 3.79. The molecular weight excluding hydrogens is 268 g/mol. The van der Waals surface area contributed by atoms with Crippen LogP contribution < -0.4 is 16.0 Å². The second-order valence-corrected chi connectivity index (χ2v) is 5.60. The summed E-state index contributed by atoms with van der Waals surface area (Å²) in [6, 6.07) is 4.64. The Bertz CT molecular complexity index is 649. The molecule has 0 radical (unpaired) electrons. The molecule has 0 aliphatic rings. The minimum atomic E-state index is -3.60. The second kappa shape index (κ2) is 5.34. The minimum Gasteiger partial charge on any atom is -0.308 e. The van der Waals surface area contributed by atoms with E-state index in [1.807, 2.05) is 0 Å². The van der Waals surface area contributed by atoms with Gasteiger partial charge in [-0.3, -0.25) is 4.68 Å². The number of nitrogens with two attached hydrogens (primary N) is 1. The molecule has 0 aliphatic heterocycles. The van der Waals surface area contributed by atoms with Crippen LogP contribution >= 0.6 is 0 Å². The third-order valence-electron chi connectivity index (χ3n) is 2.41. The van der Waals surface area contributed by atoms with E-state index in [9.17, 15) is 8.42 Å². The molecule has 0 bridgehead atoms. The number of nitrogen functional groups attached to an aromatic ring is 1.